The Balaban J connectivity index is 2.02. The molecule has 0 amide bonds. The van der Waals surface area contributed by atoms with Crippen LogP contribution in [0.3, 0.4) is 0 Å². The average molecular weight is 288 g/mol. The Morgan fingerprint density at radius 1 is 1.05 bits per heavy atom. The molecular weight excluding hydrogens is 264 g/mol. The molecule has 0 aliphatic heterocycles. The zero-order chi connectivity index (χ0) is 15.8. The molecule has 1 aliphatic carbocycles. The summed E-state index contributed by atoms with van der Waals surface area (Å²) in [6.07, 6.45) is 1.89. The van der Waals surface area contributed by atoms with Gasteiger partial charge in [0.2, 0.25) is 0 Å². The maximum absolute atomic E-state index is 12.3. The third-order valence-corrected chi connectivity index (χ3v) is 3.77. The summed E-state index contributed by atoms with van der Waals surface area (Å²) in [4.78, 5) is 24.2. The van der Waals surface area contributed by atoms with Gasteiger partial charge in [0.25, 0.3) is 0 Å². The summed E-state index contributed by atoms with van der Waals surface area (Å²) in [5.74, 6) is -0.0382. The third kappa shape index (κ3) is 3.93. The van der Waals surface area contributed by atoms with Crippen molar-refractivity contribution in [2.75, 3.05) is 0 Å². The van der Waals surface area contributed by atoms with Crippen LogP contribution < -0.4 is 0 Å². The molecule has 2 rings (SSSR count). The molecule has 0 radical (unpaired) electrons. The number of ether oxygens (including phenoxy) is 1. The fourth-order valence-corrected chi connectivity index (χ4v) is 2.80. The van der Waals surface area contributed by atoms with E-state index in [0.717, 1.165) is 12.8 Å². The quantitative estimate of drug-likeness (QED) is 0.616. The molecule has 3 nitrogen and oxygen atoms in total. The van der Waals surface area contributed by atoms with E-state index in [1.165, 1.54) is 0 Å². The largest absolute Gasteiger partial charge is 0.456 e. The molecule has 0 heterocycles. The molecule has 0 saturated heterocycles. The van der Waals surface area contributed by atoms with Gasteiger partial charge in [-0.3, -0.25) is 4.79 Å². The van der Waals surface area contributed by atoms with Crippen molar-refractivity contribution in [1.29, 1.82) is 0 Å². The van der Waals surface area contributed by atoms with Gasteiger partial charge >= 0.3 is 5.97 Å². The standard InChI is InChI=1S/C18H24O3/c1-17(2,3)21-16(20)13-8-6-12(7-9-13)15(19)14-10-18(4,5)11-14/h6-9,14H,10-11H2,1-5H3. The van der Waals surface area contributed by atoms with E-state index in [1.807, 2.05) is 20.8 Å². The first kappa shape index (κ1) is 15.7. The topological polar surface area (TPSA) is 43.4 Å². The minimum absolute atomic E-state index is 0.132. The van der Waals surface area contributed by atoms with Crippen molar-refractivity contribution in [1.82, 2.24) is 0 Å². The van der Waals surface area contributed by atoms with Crippen LogP contribution in [0.15, 0.2) is 24.3 Å². The Kier molecular flexibility index (Phi) is 3.96. The van der Waals surface area contributed by atoms with Crippen LogP contribution in [0.1, 0.15) is 68.2 Å². The molecule has 1 fully saturated rings. The molecule has 1 aromatic rings. The van der Waals surface area contributed by atoms with Crippen LogP contribution >= 0.6 is 0 Å². The highest BCUT2D eigenvalue weighted by molar-refractivity contribution is 5.99. The molecule has 0 bridgehead atoms. The Morgan fingerprint density at radius 3 is 1.95 bits per heavy atom. The number of ketones is 1. The molecule has 0 aromatic heterocycles. The van der Waals surface area contributed by atoms with Crippen molar-refractivity contribution < 1.29 is 14.3 Å². The average Bonchev–Trinajstić information content (AvgIpc) is 2.33. The first-order chi connectivity index (χ1) is 9.57. The van der Waals surface area contributed by atoms with Gasteiger partial charge in [-0.15, -0.1) is 0 Å². The summed E-state index contributed by atoms with van der Waals surface area (Å²) >= 11 is 0. The second kappa shape index (κ2) is 5.28. The van der Waals surface area contributed by atoms with E-state index in [4.69, 9.17) is 4.74 Å². The second-order valence-electron chi connectivity index (χ2n) is 7.71. The highest BCUT2D eigenvalue weighted by Crippen LogP contribution is 2.46. The predicted octanol–water partition coefficient (Wildman–Crippen LogP) is 4.26. The fourth-order valence-electron chi connectivity index (χ4n) is 2.80. The van der Waals surface area contributed by atoms with Crippen LogP contribution in [0.25, 0.3) is 0 Å². The van der Waals surface area contributed by atoms with Gasteiger partial charge in [0.15, 0.2) is 5.78 Å². The molecule has 0 N–H and O–H groups in total. The van der Waals surface area contributed by atoms with Gasteiger partial charge in [-0.1, -0.05) is 26.0 Å². The van der Waals surface area contributed by atoms with E-state index in [1.54, 1.807) is 24.3 Å². The van der Waals surface area contributed by atoms with Gasteiger partial charge in [-0.25, -0.2) is 4.79 Å². The smallest absolute Gasteiger partial charge is 0.338 e. The Labute approximate surface area is 126 Å². The molecular formula is C18H24O3. The van der Waals surface area contributed by atoms with Gasteiger partial charge in [-0.05, 0) is 51.2 Å². The molecule has 114 valence electrons. The molecule has 1 aromatic carbocycles. The van der Waals surface area contributed by atoms with Crippen LogP contribution in [0.4, 0.5) is 0 Å². The highest BCUT2D eigenvalue weighted by atomic mass is 16.6. The van der Waals surface area contributed by atoms with Crippen molar-refractivity contribution in [3.8, 4) is 0 Å². The number of hydrogen-bond acceptors (Lipinski definition) is 3. The number of rotatable bonds is 3. The number of hydrogen-bond donors (Lipinski definition) is 0. The van der Waals surface area contributed by atoms with Crippen LogP contribution in [-0.4, -0.2) is 17.4 Å². The Morgan fingerprint density at radius 2 is 1.52 bits per heavy atom. The molecule has 21 heavy (non-hydrogen) atoms. The molecule has 0 atom stereocenters. The lowest BCUT2D eigenvalue weighted by molar-refractivity contribution is 0.00693. The highest BCUT2D eigenvalue weighted by Gasteiger charge is 2.40. The second-order valence-corrected chi connectivity index (χ2v) is 7.71. The number of Topliss-reactive ketones (excluding diaryl/α,β-unsaturated/α-hetero) is 1. The van der Waals surface area contributed by atoms with Crippen molar-refractivity contribution in [3.05, 3.63) is 35.4 Å². The summed E-state index contributed by atoms with van der Waals surface area (Å²) in [6, 6.07) is 6.80. The van der Waals surface area contributed by atoms with Crippen LogP contribution in [0.5, 0.6) is 0 Å². The van der Waals surface area contributed by atoms with E-state index < -0.39 is 5.60 Å². The van der Waals surface area contributed by atoms with E-state index in [9.17, 15) is 9.59 Å². The maximum atomic E-state index is 12.3. The maximum Gasteiger partial charge on any atom is 0.338 e. The summed E-state index contributed by atoms with van der Waals surface area (Å²) in [7, 11) is 0. The number of esters is 1. The van der Waals surface area contributed by atoms with E-state index in [2.05, 4.69) is 13.8 Å². The minimum Gasteiger partial charge on any atom is -0.456 e. The van der Waals surface area contributed by atoms with Crippen molar-refractivity contribution in [2.24, 2.45) is 11.3 Å². The van der Waals surface area contributed by atoms with Crippen LogP contribution in [0, 0.1) is 11.3 Å². The van der Waals surface area contributed by atoms with Gasteiger partial charge in [0.1, 0.15) is 5.60 Å². The van der Waals surface area contributed by atoms with Crippen molar-refractivity contribution >= 4 is 11.8 Å². The summed E-state index contributed by atoms with van der Waals surface area (Å²) in [5.41, 5.74) is 0.943. The molecule has 0 unspecified atom stereocenters. The lowest BCUT2D eigenvalue weighted by Crippen LogP contribution is -2.36. The lowest BCUT2D eigenvalue weighted by Gasteiger charge is -2.41. The lowest BCUT2D eigenvalue weighted by atomic mass is 9.62. The number of carbonyl (C=O) groups excluding carboxylic acids is 2. The first-order valence-corrected chi connectivity index (χ1v) is 7.45. The molecule has 0 spiro atoms. The summed E-state index contributed by atoms with van der Waals surface area (Å²) in [5, 5.41) is 0. The molecule has 1 saturated carbocycles. The van der Waals surface area contributed by atoms with Gasteiger partial charge in [0.05, 0.1) is 5.56 Å². The zero-order valence-electron chi connectivity index (χ0n) is 13.5. The van der Waals surface area contributed by atoms with Gasteiger partial charge in [0, 0.05) is 11.5 Å². The first-order valence-electron chi connectivity index (χ1n) is 7.45. The number of benzene rings is 1. The fraction of sp³-hybridized carbons (Fsp3) is 0.556. The Hall–Kier alpha value is -1.64. The van der Waals surface area contributed by atoms with Crippen LogP contribution in [-0.2, 0) is 4.74 Å². The predicted molar refractivity (Wildman–Crippen MR) is 82.4 cm³/mol. The minimum atomic E-state index is -0.511. The van der Waals surface area contributed by atoms with E-state index in [-0.39, 0.29) is 23.1 Å². The van der Waals surface area contributed by atoms with E-state index >= 15 is 0 Å². The molecule has 3 heteroatoms. The van der Waals surface area contributed by atoms with Gasteiger partial charge < -0.3 is 4.74 Å². The van der Waals surface area contributed by atoms with Crippen molar-refractivity contribution in [2.45, 2.75) is 53.1 Å². The summed E-state index contributed by atoms with van der Waals surface area (Å²) < 4.78 is 5.31. The van der Waals surface area contributed by atoms with E-state index in [0.29, 0.717) is 11.1 Å². The zero-order valence-corrected chi connectivity index (χ0v) is 13.5. The summed E-state index contributed by atoms with van der Waals surface area (Å²) in [6.45, 7) is 9.87. The van der Waals surface area contributed by atoms with Crippen LogP contribution in [0.2, 0.25) is 0 Å². The normalized spacial score (nSPS) is 18.0. The van der Waals surface area contributed by atoms with Gasteiger partial charge in [-0.2, -0.15) is 0 Å². The third-order valence-electron chi connectivity index (χ3n) is 3.77. The monoisotopic (exact) mass is 288 g/mol. The number of carbonyl (C=O) groups is 2. The van der Waals surface area contributed by atoms with Crippen molar-refractivity contribution in [3.63, 3.8) is 0 Å². The molecule has 1 aliphatic rings. The Bertz CT molecular complexity index is 539. The SMILES string of the molecule is CC1(C)CC(C(=O)c2ccc(C(=O)OC(C)(C)C)cc2)C1.